The molecule has 0 aromatic carbocycles. The number of nitrogens with one attached hydrogen (secondary N) is 1. The molecule has 0 saturated carbocycles. The molecule has 1 aliphatic rings. The molecule has 1 aliphatic heterocycles. The van der Waals surface area contributed by atoms with E-state index in [-0.39, 0.29) is 22.9 Å². The molecule has 1 fully saturated rings. The molecule has 1 aromatic rings. The molecule has 18 heavy (non-hydrogen) atoms. The maximum Gasteiger partial charge on any atom is 0.254 e. The summed E-state index contributed by atoms with van der Waals surface area (Å²) in [6, 6.07) is 0. The van der Waals surface area contributed by atoms with Gasteiger partial charge in [0.1, 0.15) is 12.3 Å². The minimum atomic E-state index is -0.755. The Labute approximate surface area is 109 Å². The summed E-state index contributed by atoms with van der Waals surface area (Å²) in [6.45, 7) is 3.23. The molecule has 2 rings (SSSR count). The van der Waals surface area contributed by atoms with E-state index in [1.165, 1.54) is 0 Å². The first-order chi connectivity index (χ1) is 8.45. The molecule has 1 aromatic heterocycles. The van der Waals surface area contributed by atoms with E-state index in [1.54, 1.807) is 17.7 Å². The molecule has 1 saturated heterocycles. The van der Waals surface area contributed by atoms with Crippen LogP contribution in [-0.2, 0) is 4.74 Å². The second-order valence-electron chi connectivity index (χ2n) is 4.58. The minimum Gasteiger partial charge on any atom is -0.394 e. The molecule has 0 aliphatic carbocycles. The third-order valence-electron chi connectivity index (χ3n) is 3.28. The number of hydrogen-bond donors (Lipinski definition) is 3. The normalized spacial score (nSPS) is 31.8. The van der Waals surface area contributed by atoms with Gasteiger partial charge in [-0.15, -0.1) is 0 Å². The fourth-order valence-corrected chi connectivity index (χ4v) is 2.39. The van der Waals surface area contributed by atoms with E-state index in [9.17, 15) is 9.90 Å². The van der Waals surface area contributed by atoms with Gasteiger partial charge in [0.05, 0.1) is 12.7 Å². The van der Waals surface area contributed by atoms with Crippen molar-refractivity contribution in [2.75, 3.05) is 6.61 Å². The van der Waals surface area contributed by atoms with E-state index in [2.05, 4.69) is 4.98 Å². The highest BCUT2D eigenvalue weighted by atomic mass is 32.1. The van der Waals surface area contributed by atoms with E-state index < -0.39 is 18.4 Å². The van der Waals surface area contributed by atoms with Gasteiger partial charge in [-0.25, -0.2) is 0 Å². The van der Waals surface area contributed by atoms with Crippen LogP contribution >= 0.6 is 12.2 Å². The summed E-state index contributed by atoms with van der Waals surface area (Å²) in [5.41, 5.74) is 0.280. The number of aryl methyl sites for hydroxylation is 1. The fourth-order valence-electron chi connectivity index (χ4n) is 2.14. The van der Waals surface area contributed by atoms with Gasteiger partial charge in [-0.05, 0) is 19.1 Å². The zero-order valence-electron chi connectivity index (χ0n) is 10.2. The molecule has 2 heterocycles. The Bertz CT molecular complexity index is 553. The number of hydrogen-bond acceptors (Lipinski definition) is 5. The Morgan fingerprint density at radius 2 is 2.28 bits per heavy atom. The minimum absolute atomic E-state index is 0.223. The molecule has 0 bridgehead atoms. The Morgan fingerprint density at radius 1 is 1.61 bits per heavy atom. The molecular formula is C11H16N2O4S. The Kier molecular flexibility index (Phi) is 3.67. The molecule has 1 unspecified atom stereocenters. The highest BCUT2D eigenvalue weighted by Crippen LogP contribution is 2.34. The van der Waals surface area contributed by atoms with Gasteiger partial charge < -0.3 is 14.9 Å². The lowest BCUT2D eigenvalue weighted by molar-refractivity contribution is -0.0470. The van der Waals surface area contributed by atoms with Crippen LogP contribution in [0.2, 0.25) is 0 Å². The topological polar surface area (TPSA) is 87.5 Å². The van der Waals surface area contributed by atoms with Gasteiger partial charge in [-0.1, -0.05) is 6.92 Å². The van der Waals surface area contributed by atoms with Gasteiger partial charge in [-0.2, -0.15) is 0 Å². The van der Waals surface area contributed by atoms with Crippen molar-refractivity contribution < 1.29 is 14.9 Å². The van der Waals surface area contributed by atoms with Gasteiger partial charge in [-0.3, -0.25) is 14.3 Å². The van der Waals surface area contributed by atoms with Crippen LogP contribution in [0.1, 0.15) is 18.7 Å². The largest absolute Gasteiger partial charge is 0.394 e. The Morgan fingerprint density at radius 3 is 2.83 bits per heavy atom. The van der Waals surface area contributed by atoms with Crippen LogP contribution in [0.15, 0.2) is 11.0 Å². The number of aromatic amines is 1. The van der Waals surface area contributed by atoms with Crippen molar-refractivity contribution in [1.29, 1.82) is 0 Å². The molecule has 7 heteroatoms. The fraction of sp³-hybridized carbons (Fsp3) is 0.636. The van der Waals surface area contributed by atoms with Gasteiger partial charge in [0.15, 0.2) is 4.77 Å². The molecule has 100 valence electrons. The summed E-state index contributed by atoms with van der Waals surface area (Å²) >= 11 is 5.09. The first kappa shape index (κ1) is 13.4. The summed E-state index contributed by atoms with van der Waals surface area (Å²) in [6.07, 6.45) is -0.261. The molecule has 0 radical (unpaired) electrons. The average molecular weight is 272 g/mol. The summed E-state index contributed by atoms with van der Waals surface area (Å²) < 4.78 is 7.42. The van der Waals surface area contributed by atoms with Crippen LogP contribution in [0.4, 0.5) is 0 Å². The Balaban J connectivity index is 2.42. The first-order valence-corrected chi connectivity index (χ1v) is 6.13. The first-order valence-electron chi connectivity index (χ1n) is 5.72. The van der Waals surface area contributed by atoms with Crippen molar-refractivity contribution >= 4 is 12.2 Å². The third kappa shape index (κ3) is 2.14. The van der Waals surface area contributed by atoms with Crippen molar-refractivity contribution in [2.24, 2.45) is 5.92 Å². The SMILES string of the molecule is Cc1cn([C@@H]2O[C@H](CO)[C@@H](O)C2C)c(=S)[nH]c1=O. The summed E-state index contributed by atoms with van der Waals surface area (Å²) in [7, 11) is 0. The maximum atomic E-state index is 11.4. The maximum absolute atomic E-state index is 11.4. The van der Waals surface area contributed by atoms with Gasteiger partial charge in [0.2, 0.25) is 0 Å². The Hall–Kier alpha value is -1.02. The molecule has 6 nitrogen and oxygen atoms in total. The smallest absolute Gasteiger partial charge is 0.254 e. The van der Waals surface area contributed by atoms with Crippen molar-refractivity contribution in [2.45, 2.75) is 32.3 Å². The quantitative estimate of drug-likeness (QED) is 0.665. The number of aliphatic hydroxyl groups is 2. The van der Waals surface area contributed by atoms with E-state index in [4.69, 9.17) is 22.1 Å². The van der Waals surface area contributed by atoms with Gasteiger partial charge in [0, 0.05) is 17.7 Å². The summed E-state index contributed by atoms with van der Waals surface area (Å²) in [5, 5.41) is 19.0. The van der Waals surface area contributed by atoms with Crippen LogP contribution in [-0.4, -0.2) is 38.6 Å². The van der Waals surface area contributed by atoms with Gasteiger partial charge >= 0.3 is 0 Å². The summed E-state index contributed by atoms with van der Waals surface area (Å²) in [5.74, 6) is -0.223. The molecule has 4 atom stereocenters. The standard InChI is InChI=1S/C11H16N2O4S/c1-5-3-13(11(18)12-9(5)16)10-6(2)8(15)7(4-14)17-10/h3,6-8,10,14-15H,4H2,1-2H3,(H,12,16,18)/t6?,7-,8+,10-/m1/s1. The van der Waals surface area contributed by atoms with Crippen LogP contribution in [0.5, 0.6) is 0 Å². The lowest BCUT2D eigenvalue weighted by Gasteiger charge is -2.19. The van der Waals surface area contributed by atoms with E-state index in [0.29, 0.717) is 5.56 Å². The number of aliphatic hydroxyl groups excluding tert-OH is 2. The van der Waals surface area contributed by atoms with Gasteiger partial charge in [0.25, 0.3) is 5.56 Å². The average Bonchev–Trinajstić information content (AvgIpc) is 2.61. The molecular weight excluding hydrogens is 256 g/mol. The number of ether oxygens (including phenoxy) is 1. The highest BCUT2D eigenvalue weighted by molar-refractivity contribution is 7.71. The number of aromatic nitrogens is 2. The zero-order chi connectivity index (χ0) is 13.4. The molecule has 0 amide bonds. The lowest BCUT2D eigenvalue weighted by atomic mass is 10.0. The van der Waals surface area contributed by atoms with Crippen molar-refractivity contribution in [3.05, 3.63) is 26.9 Å². The van der Waals surface area contributed by atoms with Crippen molar-refractivity contribution in [3.8, 4) is 0 Å². The third-order valence-corrected chi connectivity index (χ3v) is 3.60. The highest BCUT2D eigenvalue weighted by Gasteiger charge is 2.41. The monoisotopic (exact) mass is 272 g/mol. The number of H-pyrrole nitrogens is 1. The second-order valence-corrected chi connectivity index (χ2v) is 4.96. The predicted octanol–water partition coefficient (Wildman–Crippen LogP) is 0.101. The van der Waals surface area contributed by atoms with Crippen LogP contribution in [0, 0.1) is 17.6 Å². The molecule has 3 N–H and O–H groups in total. The van der Waals surface area contributed by atoms with E-state index in [0.717, 1.165) is 0 Å². The predicted molar refractivity (Wildman–Crippen MR) is 66.8 cm³/mol. The van der Waals surface area contributed by atoms with Crippen molar-refractivity contribution in [1.82, 2.24) is 9.55 Å². The van der Waals surface area contributed by atoms with Crippen molar-refractivity contribution in [3.63, 3.8) is 0 Å². The van der Waals surface area contributed by atoms with E-state index in [1.807, 2.05) is 6.92 Å². The second kappa shape index (κ2) is 4.93. The molecule has 0 spiro atoms. The number of nitrogens with zero attached hydrogens (tertiary/aromatic N) is 1. The van der Waals surface area contributed by atoms with Crippen LogP contribution in [0.3, 0.4) is 0 Å². The van der Waals surface area contributed by atoms with Crippen LogP contribution in [0.25, 0.3) is 0 Å². The number of rotatable bonds is 2. The lowest BCUT2D eigenvalue weighted by Crippen LogP contribution is -2.28. The van der Waals surface area contributed by atoms with Crippen LogP contribution < -0.4 is 5.56 Å². The van der Waals surface area contributed by atoms with E-state index >= 15 is 0 Å². The summed E-state index contributed by atoms with van der Waals surface area (Å²) in [4.78, 5) is 14.0. The zero-order valence-corrected chi connectivity index (χ0v) is 11.0.